The van der Waals surface area contributed by atoms with Crippen molar-refractivity contribution in [2.45, 2.75) is 12.5 Å². The van der Waals surface area contributed by atoms with E-state index in [2.05, 4.69) is 10.1 Å². The van der Waals surface area contributed by atoms with Gasteiger partial charge in [0.05, 0.1) is 12.2 Å². The third-order valence-corrected chi connectivity index (χ3v) is 4.16. The van der Waals surface area contributed by atoms with E-state index in [-0.39, 0.29) is 12.0 Å². The highest BCUT2D eigenvalue weighted by Crippen LogP contribution is 2.36. The van der Waals surface area contributed by atoms with Crippen LogP contribution in [0.2, 0.25) is 5.02 Å². The Morgan fingerprint density at radius 3 is 3.04 bits per heavy atom. The Hall–Kier alpha value is -1.67. The Balaban J connectivity index is 1.85. The van der Waals surface area contributed by atoms with Crippen LogP contribution in [0, 0.1) is 5.92 Å². The third-order valence-electron chi connectivity index (χ3n) is 3.93. The summed E-state index contributed by atoms with van der Waals surface area (Å²) in [5.74, 6) is 1.65. The summed E-state index contributed by atoms with van der Waals surface area (Å²) in [4.78, 5) is 4.46. The van der Waals surface area contributed by atoms with Gasteiger partial charge in [-0.15, -0.1) is 0 Å². The predicted molar refractivity (Wildman–Crippen MR) is 88.0 cm³/mol. The van der Waals surface area contributed by atoms with Gasteiger partial charge in [-0.05, 0) is 31.2 Å². The Kier molecular flexibility index (Phi) is 5.68. The molecule has 1 aromatic heterocycles. The number of benzene rings is 1. The van der Waals surface area contributed by atoms with Crippen molar-refractivity contribution in [3.05, 3.63) is 29.1 Å². The summed E-state index contributed by atoms with van der Waals surface area (Å²) in [6, 6.07) is 5.27. The number of halogens is 1. The second-order valence-corrected chi connectivity index (χ2v) is 5.95. The maximum atomic E-state index is 6.10. The highest BCUT2D eigenvalue weighted by molar-refractivity contribution is 6.30. The Morgan fingerprint density at radius 1 is 1.38 bits per heavy atom. The molecular weight excluding hydrogens is 334 g/mol. The summed E-state index contributed by atoms with van der Waals surface area (Å²) in [5, 5.41) is 4.62. The van der Waals surface area contributed by atoms with Crippen LogP contribution in [0.4, 0.5) is 0 Å². The van der Waals surface area contributed by atoms with Gasteiger partial charge in [-0.3, -0.25) is 0 Å². The molecule has 1 aromatic carbocycles. The highest BCUT2D eigenvalue weighted by atomic mass is 35.5. The monoisotopic (exact) mass is 353 g/mol. The molecule has 1 aliphatic rings. The largest absolute Gasteiger partial charge is 0.490 e. The van der Waals surface area contributed by atoms with Crippen LogP contribution in [0.3, 0.4) is 0 Å². The van der Waals surface area contributed by atoms with E-state index < -0.39 is 0 Å². The van der Waals surface area contributed by atoms with Gasteiger partial charge in [0, 0.05) is 24.7 Å². The molecule has 2 aromatic rings. The van der Waals surface area contributed by atoms with E-state index in [9.17, 15) is 0 Å². The van der Waals surface area contributed by atoms with E-state index in [4.69, 9.17) is 36.1 Å². The highest BCUT2D eigenvalue weighted by Gasteiger charge is 2.33. The maximum Gasteiger partial charge on any atom is 0.256 e. The van der Waals surface area contributed by atoms with Crippen LogP contribution in [0.1, 0.15) is 18.4 Å². The molecule has 1 aliphatic heterocycles. The van der Waals surface area contributed by atoms with Gasteiger partial charge in [0.15, 0.2) is 0 Å². The van der Waals surface area contributed by atoms with E-state index in [0.717, 1.165) is 6.42 Å². The van der Waals surface area contributed by atoms with Crippen LogP contribution in [-0.2, 0) is 9.47 Å². The van der Waals surface area contributed by atoms with Crippen molar-refractivity contribution in [2.75, 3.05) is 33.5 Å². The van der Waals surface area contributed by atoms with Gasteiger partial charge in [-0.2, -0.15) is 4.98 Å². The first-order valence-corrected chi connectivity index (χ1v) is 8.17. The number of rotatable bonds is 7. The van der Waals surface area contributed by atoms with E-state index in [1.165, 1.54) is 0 Å². The first-order valence-electron chi connectivity index (χ1n) is 7.80. The molecule has 3 rings (SSSR count). The standard InChI is InChI=1S/C16H20ClN3O4/c1-21-6-7-22-13-3-2-11(17)8-12(13)15-19-16(24-20-15)14-10(9-18)4-5-23-14/h2-3,8,10,14H,4-7,9,18H2,1H3/t10-,14-/m0/s1. The van der Waals surface area contributed by atoms with Crippen molar-refractivity contribution >= 4 is 11.6 Å². The number of ether oxygens (including phenoxy) is 3. The Bertz CT molecular complexity index is 679. The molecule has 1 saturated heterocycles. The summed E-state index contributed by atoms with van der Waals surface area (Å²) < 4.78 is 21.8. The lowest BCUT2D eigenvalue weighted by atomic mass is 10.0. The van der Waals surface area contributed by atoms with Gasteiger partial charge in [0.2, 0.25) is 5.82 Å². The zero-order chi connectivity index (χ0) is 16.9. The van der Waals surface area contributed by atoms with Gasteiger partial charge in [0.1, 0.15) is 18.5 Å². The van der Waals surface area contributed by atoms with Crippen LogP contribution in [0.15, 0.2) is 22.7 Å². The second-order valence-electron chi connectivity index (χ2n) is 5.51. The number of hydrogen-bond donors (Lipinski definition) is 1. The van der Waals surface area contributed by atoms with Crippen molar-refractivity contribution in [3.63, 3.8) is 0 Å². The fraction of sp³-hybridized carbons (Fsp3) is 0.500. The quantitative estimate of drug-likeness (QED) is 0.764. The summed E-state index contributed by atoms with van der Waals surface area (Å²) in [6.45, 7) is 2.06. The molecule has 2 heterocycles. The molecule has 0 spiro atoms. The van der Waals surface area contributed by atoms with Crippen molar-refractivity contribution in [2.24, 2.45) is 11.7 Å². The van der Waals surface area contributed by atoms with Crippen LogP contribution >= 0.6 is 11.6 Å². The smallest absolute Gasteiger partial charge is 0.256 e. The molecule has 0 saturated carbocycles. The minimum atomic E-state index is -0.256. The van der Waals surface area contributed by atoms with E-state index in [1.54, 1.807) is 25.3 Å². The summed E-state index contributed by atoms with van der Waals surface area (Å²) >= 11 is 6.10. The molecule has 0 radical (unpaired) electrons. The van der Waals surface area contributed by atoms with Gasteiger partial charge >= 0.3 is 0 Å². The maximum absolute atomic E-state index is 6.10. The van der Waals surface area contributed by atoms with Crippen molar-refractivity contribution < 1.29 is 18.7 Å². The first-order chi connectivity index (χ1) is 11.7. The number of nitrogens with two attached hydrogens (primary N) is 1. The van der Waals surface area contributed by atoms with Crippen LogP contribution < -0.4 is 10.5 Å². The molecule has 0 bridgehead atoms. The molecular formula is C16H20ClN3O4. The van der Waals surface area contributed by atoms with Gasteiger partial charge in [-0.1, -0.05) is 16.8 Å². The summed E-state index contributed by atoms with van der Waals surface area (Å²) in [5.41, 5.74) is 6.44. The molecule has 1 fully saturated rings. The van der Waals surface area contributed by atoms with E-state index >= 15 is 0 Å². The average Bonchev–Trinajstić information content (AvgIpc) is 3.24. The van der Waals surface area contributed by atoms with Crippen molar-refractivity contribution in [3.8, 4) is 17.1 Å². The first kappa shape index (κ1) is 17.2. The molecule has 7 nitrogen and oxygen atoms in total. The minimum Gasteiger partial charge on any atom is -0.490 e. The molecule has 0 aliphatic carbocycles. The number of hydrogen-bond acceptors (Lipinski definition) is 7. The van der Waals surface area contributed by atoms with Gasteiger partial charge < -0.3 is 24.5 Å². The second kappa shape index (κ2) is 7.94. The lowest BCUT2D eigenvalue weighted by molar-refractivity contribution is 0.0642. The van der Waals surface area contributed by atoms with Crippen LogP contribution in [0.25, 0.3) is 11.4 Å². The van der Waals surface area contributed by atoms with Crippen molar-refractivity contribution in [1.29, 1.82) is 0 Å². The normalized spacial score (nSPS) is 20.5. The lowest BCUT2D eigenvalue weighted by Crippen LogP contribution is -2.18. The number of nitrogens with zero attached hydrogens (tertiary/aromatic N) is 2. The SMILES string of the molecule is COCCOc1ccc(Cl)cc1-c1noc([C@H]2OCC[C@H]2CN)n1. The average molecular weight is 354 g/mol. The topological polar surface area (TPSA) is 92.6 Å². The zero-order valence-electron chi connectivity index (χ0n) is 13.4. The van der Waals surface area contributed by atoms with Gasteiger partial charge in [0.25, 0.3) is 5.89 Å². The molecule has 2 atom stereocenters. The summed E-state index contributed by atoms with van der Waals surface area (Å²) in [6.07, 6.45) is 0.634. The minimum absolute atomic E-state index is 0.190. The zero-order valence-corrected chi connectivity index (χ0v) is 14.2. The Labute approximate surface area is 145 Å². The fourth-order valence-corrected chi connectivity index (χ4v) is 2.82. The summed E-state index contributed by atoms with van der Waals surface area (Å²) in [7, 11) is 1.62. The van der Waals surface area contributed by atoms with E-state index in [0.29, 0.717) is 54.4 Å². The lowest BCUT2D eigenvalue weighted by Gasteiger charge is -2.11. The molecule has 130 valence electrons. The Morgan fingerprint density at radius 2 is 2.25 bits per heavy atom. The molecule has 24 heavy (non-hydrogen) atoms. The van der Waals surface area contributed by atoms with Gasteiger partial charge in [-0.25, -0.2) is 0 Å². The molecule has 0 amide bonds. The van der Waals surface area contributed by atoms with E-state index in [1.807, 2.05) is 0 Å². The predicted octanol–water partition coefficient (Wildman–Crippen LogP) is 2.45. The molecule has 2 N–H and O–H groups in total. The number of methoxy groups -OCH3 is 1. The molecule has 8 heteroatoms. The number of aromatic nitrogens is 2. The fourth-order valence-electron chi connectivity index (χ4n) is 2.65. The third kappa shape index (κ3) is 3.70. The van der Waals surface area contributed by atoms with Crippen molar-refractivity contribution in [1.82, 2.24) is 10.1 Å². The molecule has 0 unspecified atom stereocenters. The van der Waals surface area contributed by atoms with Crippen LogP contribution in [0.5, 0.6) is 5.75 Å². The van der Waals surface area contributed by atoms with Crippen LogP contribution in [-0.4, -0.2) is 43.6 Å².